The van der Waals surface area contributed by atoms with Gasteiger partial charge < -0.3 is 9.84 Å². The number of phenolic OH excluding ortho intramolecular Hbond substituents is 1. The molecule has 3 heterocycles. The molecular weight excluding hydrogens is 352 g/mol. The summed E-state index contributed by atoms with van der Waals surface area (Å²) in [6, 6.07) is 6.01. The summed E-state index contributed by atoms with van der Waals surface area (Å²) in [5.41, 5.74) is 4.06. The van der Waals surface area contributed by atoms with E-state index in [9.17, 15) is 9.90 Å². The minimum Gasteiger partial charge on any atom is -0.507 e. The Kier molecular flexibility index (Phi) is 4.94. The molecule has 1 N–H and O–H groups in total. The second-order valence-electron chi connectivity index (χ2n) is 7.92. The number of ketones is 1. The number of Topliss-reactive ketones (excluding diaryl/α,β-unsaturated/α-hetero) is 1. The van der Waals surface area contributed by atoms with Crippen LogP contribution in [0, 0.1) is 6.92 Å². The maximum Gasteiger partial charge on any atom is 0.232 e. The lowest BCUT2D eigenvalue weighted by atomic mass is 9.94. The monoisotopic (exact) mass is 378 g/mol. The summed E-state index contributed by atoms with van der Waals surface area (Å²) in [5, 5.41) is 10.7. The Balaban J connectivity index is 1.73. The second kappa shape index (κ2) is 7.40. The fourth-order valence-corrected chi connectivity index (χ4v) is 4.28. The number of benzene rings is 1. The fourth-order valence-electron chi connectivity index (χ4n) is 4.28. The molecule has 1 atom stereocenters. The number of hydrogen-bond donors (Lipinski definition) is 1. The van der Waals surface area contributed by atoms with Gasteiger partial charge in [0.05, 0.1) is 11.1 Å². The molecule has 2 aliphatic heterocycles. The van der Waals surface area contributed by atoms with Crippen molar-refractivity contribution in [1.29, 1.82) is 0 Å². The molecule has 1 fully saturated rings. The number of carbonyl (C=O) groups is 1. The summed E-state index contributed by atoms with van der Waals surface area (Å²) in [7, 11) is 0. The number of likely N-dealkylation sites (tertiary alicyclic amines) is 1. The standard InChI is InChI=1S/C23H26N2O3/c1-14(2)22-21(27)20-15(3)11-19(26)17(23(20)28-22)13-25-10-5-4-8-18(25)16-7-6-9-24-12-16/h6-7,9,11-12,18,26H,4-5,8,10,13H2,1-3H3/t18-/m0/s1. The van der Waals surface area contributed by atoms with Crippen molar-refractivity contribution >= 4 is 5.78 Å². The number of pyridine rings is 1. The molecule has 2 aromatic rings. The molecule has 0 aliphatic carbocycles. The van der Waals surface area contributed by atoms with E-state index < -0.39 is 0 Å². The molecule has 2 aliphatic rings. The van der Waals surface area contributed by atoms with E-state index in [4.69, 9.17) is 4.74 Å². The van der Waals surface area contributed by atoms with Gasteiger partial charge in [-0.05, 0) is 69.0 Å². The van der Waals surface area contributed by atoms with Crippen LogP contribution in [0.5, 0.6) is 11.5 Å². The lowest BCUT2D eigenvalue weighted by Gasteiger charge is -2.36. The first-order chi connectivity index (χ1) is 13.5. The van der Waals surface area contributed by atoms with Gasteiger partial charge in [-0.15, -0.1) is 0 Å². The maximum absolute atomic E-state index is 12.8. The van der Waals surface area contributed by atoms with E-state index in [1.807, 2.05) is 33.0 Å². The van der Waals surface area contributed by atoms with Crippen LogP contribution in [0.4, 0.5) is 0 Å². The van der Waals surface area contributed by atoms with Gasteiger partial charge >= 0.3 is 0 Å². The molecule has 28 heavy (non-hydrogen) atoms. The highest BCUT2D eigenvalue weighted by Crippen LogP contribution is 2.44. The Bertz CT molecular complexity index is 946. The molecule has 1 saturated heterocycles. The predicted molar refractivity (Wildman–Crippen MR) is 107 cm³/mol. The molecule has 5 nitrogen and oxygen atoms in total. The molecule has 0 saturated carbocycles. The highest BCUT2D eigenvalue weighted by atomic mass is 16.5. The molecule has 146 valence electrons. The Morgan fingerprint density at radius 1 is 1.36 bits per heavy atom. The number of phenols is 1. The minimum absolute atomic E-state index is 0.0868. The van der Waals surface area contributed by atoms with Crippen molar-refractivity contribution in [2.75, 3.05) is 6.54 Å². The maximum atomic E-state index is 12.8. The molecular formula is C23H26N2O3. The van der Waals surface area contributed by atoms with Gasteiger partial charge in [0.2, 0.25) is 5.78 Å². The molecule has 0 radical (unpaired) electrons. The number of aromatic hydroxyl groups is 1. The smallest absolute Gasteiger partial charge is 0.232 e. The van der Waals surface area contributed by atoms with Crippen molar-refractivity contribution in [3.63, 3.8) is 0 Å². The van der Waals surface area contributed by atoms with E-state index in [0.29, 0.717) is 29.2 Å². The fraction of sp³-hybridized carbons (Fsp3) is 0.391. The van der Waals surface area contributed by atoms with Gasteiger partial charge in [0.15, 0.2) is 5.76 Å². The number of nitrogens with zero attached hydrogens (tertiary/aromatic N) is 2. The first-order valence-corrected chi connectivity index (χ1v) is 9.86. The zero-order valence-electron chi connectivity index (χ0n) is 16.7. The number of rotatable bonds is 3. The lowest BCUT2D eigenvalue weighted by Crippen LogP contribution is -2.33. The number of fused-ring (bicyclic) bond motifs is 1. The average molecular weight is 378 g/mol. The zero-order valence-corrected chi connectivity index (χ0v) is 16.7. The molecule has 1 aromatic heterocycles. The quantitative estimate of drug-likeness (QED) is 0.785. The van der Waals surface area contributed by atoms with Crippen LogP contribution in [0.25, 0.3) is 0 Å². The van der Waals surface area contributed by atoms with Crippen LogP contribution in [-0.4, -0.2) is 27.3 Å². The predicted octanol–water partition coefficient (Wildman–Crippen LogP) is 4.69. The molecule has 4 rings (SSSR count). The van der Waals surface area contributed by atoms with Crippen LogP contribution in [0.3, 0.4) is 0 Å². The Labute approximate surface area is 165 Å². The normalized spacial score (nSPS) is 19.5. The van der Waals surface area contributed by atoms with E-state index in [0.717, 1.165) is 30.5 Å². The first-order valence-electron chi connectivity index (χ1n) is 9.86. The summed E-state index contributed by atoms with van der Waals surface area (Å²) in [5.74, 6) is 1.01. The minimum atomic E-state index is -0.0868. The van der Waals surface area contributed by atoms with Crippen molar-refractivity contribution in [2.45, 2.75) is 52.6 Å². The van der Waals surface area contributed by atoms with E-state index in [2.05, 4.69) is 16.0 Å². The third kappa shape index (κ3) is 3.20. The SMILES string of the molecule is CC(C)=C1Oc2c(CN3CCCC[C@H]3c3cccnc3)c(O)cc(C)c2C1=O. The van der Waals surface area contributed by atoms with Gasteiger partial charge in [-0.2, -0.15) is 0 Å². The third-order valence-corrected chi connectivity index (χ3v) is 5.69. The number of aryl methyl sites for hydroxylation is 1. The number of piperidine rings is 1. The van der Waals surface area contributed by atoms with Gasteiger partial charge in [0.1, 0.15) is 11.5 Å². The summed E-state index contributed by atoms with van der Waals surface area (Å²) >= 11 is 0. The highest BCUT2D eigenvalue weighted by molar-refractivity contribution is 6.14. The van der Waals surface area contributed by atoms with Crippen LogP contribution in [0.15, 0.2) is 41.9 Å². The molecule has 0 spiro atoms. The zero-order chi connectivity index (χ0) is 19.8. The van der Waals surface area contributed by atoms with Crippen molar-refractivity contribution in [2.24, 2.45) is 0 Å². The van der Waals surface area contributed by atoms with E-state index in [1.165, 1.54) is 12.0 Å². The van der Waals surface area contributed by atoms with Gasteiger partial charge in [0.25, 0.3) is 0 Å². The number of hydrogen-bond acceptors (Lipinski definition) is 5. The Morgan fingerprint density at radius 3 is 2.89 bits per heavy atom. The van der Waals surface area contributed by atoms with Crippen LogP contribution >= 0.6 is 0 Å². The number of aromatic nitrogens is 1. The van der Waals surface area contributed by atoms with Gasteiger partial charge in [-0.3, -0.25) is 14.7 Å². The van der Waals surface area contributed by atoms with Crippen molar-refractivity contribution in [3.8, 4) is 11.5 Å². The van der Waals surface area contributed by atoms with Gasteiger partial charge in [0, 0.05) is 25.0 Å². The van der Waals surface area contributed by atoms with Crippen molar-refractivity contribution in [1.82, 2.24) is 9.88 Å². The average Bonchev–Trinajstić information content (AvgIpc) is 3.04. The summed E-state index contributed by atoms with van der Waals surface area (Å²) in [6.45, 7) is 7.06. The van der Waals surface area contributed by atoms with E-state index in [1.54, 1.807) is 12.3 Å². The van der Waals surface area contributed by atoms with Crippen molar-refractivity contribution in [3.05, 3.63) is 64.2 Å². The van der Waals surface area contributed by atoms with Crippen LogP contribution in [0.1, 0.15) is 66.2 Å². The molecule has 1 aromatic carbocycles. The van der Waals surface area contributed by atoms with Gasteiger partial charge in [-0.25, -0.2) is 0 Å². The third-order valence-electron chi connectivity index (χ3n) is 5.69. The lowest BCUT2D eigenvalue weighted by molar-refractivity contribution is 0.101. The largest absolute Gasteiger partial charge is 0.507 e. The molecule has 5 heteroatoms. The Hall–Kier alpha value is -2.66. The molecule has 0 unspecified atom stereocenters. The number of allylic oxidation sites excluding steroid dienone is 2. The number of ether oxygens (including phenoxy) is 1. The topological polar surface area (TPSA) is 62.7 Å². The Morgan fingerprint density at radius 2 is 2.18 bits per heavy atom. The van der Waals surface area contributed by atoms with Crippen LogP contribution in [0.2, 0.25) is 0 Å². The van der Waals surface area contributed by atoms with Crippen LogP contribution in [-0.2, 0) is 6.54 Å². The van der Waals surface area contributed by atoms with E-state index in [-0.39, 0.29) is 17.6 Å². The summed E-state index contributed by atoms with van der Waals surface area (Å²) < 4.78 is 5.99. The summed E-state index contributed by atoms with van der Waals surface area (Å²) in [6.07, 6.45) is 7.05. The highest BCUT2D eigenvalue weighted by Gasteiger charge is 2.35. The summed E-state index contributed by atoms with van der Waals surface area (Å²) in [4.78, 5) is 19.5. The van der Waals surface area contributed by atoms with Gasteiger partial charge in [-0.1, -0.05) is 12.5 Å². The van der Waals surface area contributed by atoms with Crippen molar-refractivity contribution < 1.29 is 14.6 Å². The molecule has 0 bridgehead atoms. The second-order valence-corrected chi connectivity index (χ2v) is 7.92. The van der Waals surface area contributed by atoms with Crippen LogP contribution < -0.4 is 4.74 Å². The number of carbonyl (C=O) groups excluding carboxylic acids is 1. The van der Waals surface area contributed by atoms with E-state index >= 15 is 0 Å². The molecule has 0 amide bonds. The first kappa shape index (κ1) is 18.7.